The Kier molecular flexibility index (Phi) is 4.45. The fourth-order valence-electron chi connectivity index (χ4n) is 1.99. The van der Waals surface area contributed by atoms with Crippen LogP contribution in [0.1, 0.15) is 21.5 Å². The minimum absolute atomic E-state index is 0.0909. The number of rotatable bonds is 3. The SMILES string of the molecule is CNc1ccc(C(=O)Nc2ccc(Br)c(C)c2)c(C)c1. The van der Waals surface area contributed by atoms with Crippen LogP contribution in [0, 0.1) is 13.8 Å². The maximum atomic E-state index is 12.3. The van der Waals surface area contributed by atoms with E-state index in [0.717, 1.165) is 27.0 Å². The van der Waals surface area contributed by atoms with E-state index in [2.05, 4.69) is 26.6 Å². The number of nitrogens with one attached hydrogen (secondary N) is 2. The van der Waals surface area contributed by atoms with Crippen LogP contribution >= 0.6 is 15.9 Å². The predicted octanol–water partition coefficient (Wildman–Crippen LogP) is 4.36. The highest BCUT2D eigenvalue weighted by molar-refractivity contribution is 9.10. The van der Waals surface area contributed by atoms with E-state index in [9.17, 15) is 4.79 Å². The molecule has 2 aromatic rings. The molecule has 2 rings (SSSR count). The fourth-order valence-corrected chi connectivity index (χ4v) is 2.24. The second-order valence-electron chi connectivity index (χ2n) is 4.70. The van der Waals surface area contributed by atoms with Gasteiger partial charge in [0.15, 0.2) is 0 Å². The third-order valence-electron chi connectivity index (χ3n) is 3.18. The van der Waals surface area contributed by atoms with Gasteiger partial charge in [-0.05, 0) is 61.4 Å². The molecule has 0 heterocycles. The molecule has 0 atom stereocenters. The topological polar surface area (TPSA) is 41.1 Å². The van der Waals surface area contributed by atoms with Gasteiger partial charge in [-0.25, -0.2) is 0 Å². The Morgan fingerprint density at radius 3 is 2.25 bits per heavy atom. The lowest BCUT2D eigenvalue weighted by atomic mass is 10.1. The average molecular weight is 333 g/mol. The molecule has 4 heteroatoms. The first-order valence-corrected chi connectivity index (χ1v) is 7.16. The number of benzene rings is 2. The Labute approximate surface area is 127 Å². The van der Waals surface area contributed by atoms with Crippen molar-refractivity contribution in [1.82, 2.24) is 0 Å². The summed E-state index contributed by atoms with van der Waals surface area (Å²) in [4.78, 5) is 12.3. The van der Waals surface area contributed by atoms with Gasteiger partial charge < -0.3 is 10.6 Å². The van der Waals surface area contributed by atoms with Gasteiger partial charge in [0, 0.05) is 28.5 Å². The molecule has 0 bridgehead atoms. The van der Waals surface area contributed by atoms with Crippen LogP contribution in [-0.2, 0) is 0 Å². The van der Waals surface area contributed by atoms with Gasteiger partial charge in [0.2, 0.25) is 0 Å². The van der Waals surface area contributed by atoms with Crippen molar-refractivity contribution in [3.05, 3.63) is 57.6 Å². The number of carbonyl (C=O) groups excluding carboxylic acids is 1. The van der Waals surface area contributed by atoms with E-state index in [-0.39, 0.29) is 5.91 Å². The molecule has 104 valence electrons. The first-order chi connectivity index (χ1) is 9.51. The smallest absolute Gasteiger partial charge is 0.255 e. The van der Waals surface area contributed by atoms with Crippen molar-refractivity contribution in [3.63, 3.8) is 0 Å². The van der Waals surface area contributed by atoms with E-state index < -0.39 is 0 Å². The maximum absolute atomic E-state index is 12.3. The summed E-state index contributed by atoms with van der Waals surface area (Å²) in [7, 11) is 1.86. The highest BCUT2D eigenvalue weighted by Crippen LogP contribution is 2.21. The minimum atomic E-state index is -0.0909. The van der Waals surface area contributed by atoms with Gasteiger partial charge in [0.1, 0.15) is 0 Å². The largest absolute Gasteiger partial charge is 0.388 e. The summed E-state index contributed by atoms with van der Waals surface area (Å²) in [5.74, 6) is -0.0909. The van der Waals surface area contributed by atoms with Gasteiger partial charge in [0.05, 0.1) is 0 Å². The van der Waals surface area contributed by atoms with E-state index in [1.807, 2.05) is 57.3 Å². The molecule has 0 saturated carbocycles. The Morgan fingerprint density at radius 1 is 1.00 bits per heavy atom. The lowest BCUT2D eigenvalue weighted by Gasteiger charge is -2.10. The Hall–Kier alpha value is -1.81. The van der Waals surface area contributed by atoms with E-state index in [0.29, 0.717) is 5.56 Å². The number of hydrogen-bond donors (Lipinski definition) is 2. The zero-order valence-electron chi connectivity index (χ0n) is 11.8. The quantitative estimate of drug-likeness (QED) is 0.876. The molecule has 0 spiro atoms. The van der Waals surface area contributed by atoms with Crippen molar-refractivity contribution in [2.75, 3.05) is 17.7 Å². The van der Waals surface area contributed by atoms with Gasteiger partial charge in [-0.2, -0.15) is 0 Å². The molecule has 0 radical (unpaired) electrons. The molecule has 0 saturated heterocycles. The van der Waals surface area contributed by atoms with Crippen LogP contribution in [0.3, 0.4) is 0 Å². The molecule has 3 nitrogen and oxygen atoms in total. The third-order valence-corrected chi connectivity index (χ3v) is 4.07. The molecule has 0 fully saturated rings. The summed E-state index contributed by atoms with van der Waals surface area (Å²) in [6.07, 6.45) is 0. The van der Waals surface area contributed by atoms with Crippen molar-refractivity contribution in [2.45, 2.75) is 13.8 Å². The predicted molar refractivity (Wildman–Crippen MR) is 87.6 cm³/mol. The van der Waals surface area contributed by atoms with Crippen molar-refractivity contribution >= 4 is 33.2 Å². The first-order valence-electron chi connectivity index (χ1n) is 6.37. The van der Waals surface area contributed by atoms with E-state index in [4.69, 9.17) is 0 Å². The van der Waals surface area contributed by atoms with Crippen LogP contribution < -0.4 is 10.6 Å². The Morgan fingerprint density at radius 2 is 1.65 bits per heavy atom. The summed E-state index contributed by atoms with van der Waals surface area (Å²) in [5, 5.41) is 5.98. The number of halogens is 1. The van der Waals surface area contributed by atoms with Crippen molar-refractivity contribution in [3.8, 4) is 0 Å². The highest BCUT2D eigenvalue weighted by Gasteiger charge is 2.10. The monoisotopic (exact) mass is 332 g/mol. The zero-order chi connectivity index (χ0) is 14.7. The second kappa shape index (κ2) is 6.09. The first kappa shape index (κ1) is 14.6. The summed E-state index contributed by atoms with van der Waals surface area (Å²) in [6, 6.07) is 11.5. The molecular formula is C16H17BrN2O. The molecule has 2 aromatic carbocycles. The fraction of sp³-hybridized carbons (Fsp3) is 0.188. The van der Waals surface area contributed by atoms with Crippen LogP contribution in [-0.4, -0.2) is 13.0 Å². The zero-order valence-corrected chi connectivity index (χ0v) is 13.3. The number of aryl methyl sites for hydroxylation is 2. The van der Waals surface area contributed by atoms with Gasteiger partial charge in [-0.3, -0.25) is 4.79 Å². The van der Waals surface area contributed by atoms with Crippen molar-refractivity contribution < 1.29 is 4.79 Å². The molecule has 0 aliphatic carbocycles. The van der Waals surface area contributed by atoms with Gasteiger partial charge >= 0.3 is 0 Å². The Bertz CT molecular complexity index is 653. The maximum Gasteiger partial charge on any atom is 0.255 e. The van der Waals surface area contributed by atoms with E-state index in [1.165, 1.54) is 0 Å². The summed E-state index contributed by atoms with van der Waals surface area (Å²) < 4.78 is 1.03. The minimum Gasteiger partial charge on any atom is -0.388 e. The molecule has 0 aliphatic heterocycles. The average Bonchev–Trinajstić information content (AvgIpc) is 2.42. The number of carbonyl (C=O) groups is 1. The number of amides is 1. The number of hydrogen-bond acceptors (Lipinski definition) is 2. The number of anilines is 2. The molecule has 0 aliphatic rings. The third kappa shape index (κ3) is 3.20. The second-order valence-corrected chi connectivity index (χ2v) is 5.55. The summed E-state index contributed by atoms with van der Waals surface area (Å²) in [5.41, 5.74) is 4.52. The van der Waals surface area contributed by atoms with Crippen LogP contribution in [0.5, 0.6) is 0 Å². The molecule has 20 heavy (non-hydrogen) atoms. The van der Waals surface area contributed by atoms with Gasteiger partial charge in [-0.15, -0.1) is 0 Å². The lowest BCUT2D eigenvalue weighted by Crippen LogP contribution is -2.13. The van der Waals surface area contributed by atoms with Crippen LogP contribution in [0.2, 0.25) is 0 Å². The van der Waals surface area contributed by atoms with Crippen LogP contribution in [0.25, 0.3) is 0 Å². The lowest BCUT2D eigenvalue weighted by molar-refractivity contribution is 0.102. The molecular weight excluding hydrogens is 316 g/mol. The van der Waals surface area contributed by atoms with Crippen molar-refractivity contribution in [1.29, 1.82) is 0 Å². The molecule has 0 aromatic heterocycles. The van der Waals surface area contributed by atoms with E-state index >= 15 is 0 Å². The van der Waals surface area contributed by atoms with Crippen LogP contribution in [0.15, 0.2) is 40.9 Å². The van der Waals surface area contributed by atoms with E-state index in [1.54, 1.807) is 0 Å². The highest BCUT2D eigenvalue weighted by atomic mass is 79.9. The van der Waals surface area contributed by atoms with Gasteiger partial charge in [0.25, 0.3) is 5.91 Å². The summed E-state index contributed by atoms with van der Waals surface area (Å²) >= 11 is 3.45. The summed E-state index contributed by atoms with van der Waals surface area (Å²) in [6.45, 7) is 3.93. The van der Waals surface area contributed by atoms with Crippen LogP contribution in [0.4, 0.5) is 11.4 Å². The standard InChI is InChI=1S/C16H17BrN2O/c1-10-8-12(18-3)4-6-14(10)16(20)19-13-5-7-15(17)11(2)9-13/h4-9,18H,1-3H3,(H,19,20). The molecule has 0 unspecified atom stereocenters. The van der Waals surface area contributed by atoms with Gasteiger partial charge in [-0.1, -0.05) is 15.9 Å². The normalized spacial score (nSPS) is 10.2. The molecule has 2 N–H and O–H groups in total. The Balaban J connectivity index is 2.21. The van der Waals surface area contributed by atoms with Crippen molar-refractivity contribution in [2.24, 2.45) is 0 Å². The molecule has 1 amide bonds.